The lowest BCUT2D eigenvalue weighted by Crippen LogP contribution is -2.14. The van der Waals surface area contributed by atoms with Crippen molar-refractivity contribution in [2.24, 2.45) is 0 Å². The molecule has 0 aromatic heterocycles. The quantitative estimate of drug-likeness (QED) is 0.604. The van der Waals surface area contributed by atoms with E-state index in [0.29, 0.717) is 11.4 Å². The third-order valence-corrected chi connectivity index (χ3v) is 3.48. The largest absolute Gasteiger partial charge is 0.398 e. The first kappa shape index (κ1) is 13.9. The van der Waals surface area contributed by atoms with Crippen molar-refractivity contribution in [2.45, 2.75) is 26.7 Å². The summed E-state index contributed by atoms with van der Waals surface area (Å²) in [4.78, 5) is 11.6. The summed E-state index contributed by atoms with van der Waals surface area (Å²) in [5.74, 6) is 1.59. The highest BCUT2D eigenvalue weighted by atomic mass is 32.2. The van der Waals surface area contributed by atoms with Crippen molar-refractivity contribution in [2.75, 3.05) is 22.6 Å². The summed E-state index contributed by atoms with van der Waals surface area (Å²) < 4.78 is 0. The topological polar surface area (TPSA) is 55.1 Å². The molecule has 0 bridgehead atoms. The van der Waals surface area contributed by atoms with Gasteiger partial charge in [0.2, 0.25) is 5.91 Å². The van der Waals surface area contributed by atoms with E-state index in [0.717, 1.165) is 23.4 Å². The molecule has 94 valence electrons. The van der Waals surface area contributed by atoms with Gasteiger partial charge in [-0.25, -0.2) is 0 Å². The van der Waals surface area contributed by atoms with Gasteiger partial charge < -0.3 is 11.1 Å². The number of anilines is 2. The van der Waals surface area contributed by atoms with E-state index in [2.05, 4.69) is 12.2 Å². The van der Waals surface area contributed by atoms with E-state index >= 15 is 0 Å². The van der Waals surface area contributed by atoms with Crippen LogP contribution in [-0.2, 0) is 4.79 Å². The molecule has 1 aromatic carbocycles. The standard InChI is InChI=1S/C13H20N2OS/c1-3-4-7-17-9-13(16)15-11-6-5-10(2)12(14)8-11/h5-6,8H,3-4,7,9,14H2,1-2H3,(H,15,16). The van der Waals surface area contributed by atoms with Crippen LogP contribution in [0.5, 0.6) is 0 Å². The van der Waals surface area contributed by atoms with Gasteiger partial charge in [-0.15, -0.1) is 0 Å². The number of aryl methyl sites for hydroxylation is 1. The van der Waals surface area contributed by atoms with E-state index in [1.807, 2.05) is 19.1 Å². The SMILES string of the molecule is CCCCSCC(=O)Nc1ccc(C)c(N)c1. The first-order valence-electron chi connectivity index (χ1n) is 5.87. The Labute approximate surface area is 107 Å². The van der Waals surface area contributed by atoms with E-state index in [1.165, 1.54) is 6.42 Å². The normalized spacial score (nSPS) is 10.2. The lowest BCUT2D eigenvalue weighted by atomic mass is 10.2. The van der Waals surface area contributed by atoms with Crippen LogP contribution in [0.1, 0.15) is 25.3 Å². The Kier molecular flexibility index (Phi) is 5.91. The van der Waals surface area contributed by atoms with Crippen molar-refractivity contribution in [1.29, 1.82) is 0 Å². The number of carbonyl (C=O) groups excluding carboxylic acids is 1. The fraction of sp³-hybridized carbons (Fsp3) is 0.462. The van der Waals surface area contributed by atoms with Crippen molar-refractivity contribution in [3.63, 3.8) is 0 Å². The van der Waals surface area contributed by atoms with Crippen LogP contribution < -0.4 is 11.1 Å². The van der Waals surface area contributed by atoms with Gasteiger partial charge >= 0.3 is 0 Å². The first-order chi connectivity index (χ1) is 8.13. The van der Waals surface area contributed by atoms with Crippen molar-refractivity contribution < 1.29 is 4.79 Å². The molecule has 3 nitrogen and oxygen atoms in total. The van der Waals surface area contributed by atoms with Crippen LogP contribution in [0.2, 0.25) is 0 Å². The molecule has 0 atom stereocenters. The third kappa shape index (κ3) is 5.13. The summed E-state index contributed by atoms with van der Waals surface area (Å²) in [7, 11) is 0. The second kappa shape index (κ2) is 7.22. The Bertz CT molecular complexity index is 380. The number of nitrogen functional groups attached to an aromatic ring is 1. The molecule has 0 saturated heterocycles. The number of hydrogen-bond acceptors (Lipinski definition) is 3. The molecule has 0 aliphatic rings. The molecular weight excluding hydrogens is 232 g/mol. The van der Waals surface area contributed by atoms with Gasteiger partial charge in [-0.05, 0) is 36.8 Å². The number of unbranched alkanes of at least 4 members (excludes halogenated alkanes) is 1. The molecular formula is C13H20N2OS. The molecule has 0 spiro atoms. The van der Waals surface area contributed by atoms with Crippen LogP contribution in [0, 0.1) is 6.92 Å². The van der Waals surface area contributed by atoms with Crippen molar-refractivity contribution in [1.82, 2.24) is 0 Å². The molecule has 0 saturated carbocycles. The molecule has 0 fully saturated rings. The number of nitrogens with one attached hydrogen (secondary N) is 1. The minimum Gasteiger partial charge on any atom is -0.398 e. The zero-order valence-electron chi connectivity index (χ0n) is 10.5. The average Bonchev–Trinajstić information content (AvgIpc) is 2.30. The lowest BCUT2D eigenvalue weighted by Gasteiger charge is -2.07. The predicted octanol–water partition coefficient (Wildman–Crippen LogP) is 3.05. The number of carbonyl (C=O) groups is 1. The van der Waals surface area contributed by atoms with Crippen molar-refractivity contribution in [3.05, 3.63) is 23.8 Å². The molecule has 0 heterocycles. The maximum absolute atomic E-state index is 11.6. The molecule has 0 aliphatic carbocycles. The fourth-order valence-electron chi connectivity index (χ4n) is 1.33. The van der Waals surface area contributed by atoms with Crippen molar-refractivity contribution in [3.8, 4) is 0 Å². The number of amides is 1. The van der Waals surface area contributed by atoms with Crippen LogP contribution in [0.4, 0.5) is 11.4 Å². The van der Waals surface area contributed by atoms with Gasteiger partial charge in [0.05, 0.1) is 5.75 Å². The van der Waals surface area contributed by atoms with Crippen LogP contribution in [0.3, 0.4) is 0 Å². The molecule has 0 unspecified atom stereocenters. The number of benzene rings is 1. The molecule has 3 N–H and O–H groups in total. The molecule has 1 amide bonds. The highest BCUT2D eigenvalue weighted by Crippen LogP contribution is 2.17. The van der Waals surface area contributed by atoms with Crippen LogP contribution >= 0.6 is 11.8 Å². The summed E-state index contributed by atoms with van der Waals surface area (Å²) in [6.45, 7) is 4.09. The van der Waals surface area contributed by atoms with Crippen LogP contribution in [-0.4, -0.2) is 17.4 Å². The maximum atomic E-state index is 11.6. The summed E-state index contributed by atoms with van der Waals surface area (Å²) in [5, 5.41) is 2.85. The Morgan fingerprint density at radius 2 is 2.24 bits per heavy atom. The zero-order chi connectivity index (χ0) is 12.7. The van der Waals surface area contributed by atoms with Gasteiger partial charge in [0.15, 0.2) is 0 Å². The van der Waals surface area contributed by atoms with E-state index in [4.69, 9.17) is 5.73 Å². The Morgan fingerprint density at radius 3 is 2.88 bits per heavy atom. The third-order valence-electron chi connectivity index (χ3n) is 2.44. The van der Waals surface area contributed by atoms with Crippen molar-refractivity contribution >= 4 is 29.0 Å². The minimum atomic E-state index is 0.0364. The van der Waals surface area contributed by atoms with Gasteiger partial charge in [-0.3, -0.25) is 4.79 Å². The monoisotopic (exact) mass is 252 g/mol. The second-order valence-corrected chi connectivity index (χ2v) is 5.13. The van der Waals surface area contributed by atoms with Gasteiger partial charge in [0.25, 0.3) is 0 Å². The number of thioether (sulfide) groups is 1. The first-order valence-corrected chi connectivity index (χ1v) is 7.02. The Balaban J connectivity index is 2.37. The summed E-state index contributed by atoms with van der Waals surface area (Å²) in [6.07, 6.45) is 2.33. The van der Waals surface area contributed by atoms with Gasteiger partial charge in [-0.1, -0.05) is 19.4 Å². The molecule has 4 heteroatoms. The van der Waals surface area contributed by atoms with E-state index in [-0.39, 0.29) is 5.91 Å². The fourth-order valence-corrected chi connectivity index (χ4v) is 2.22. The van der Waals surface area contributed by atoms with Gasteiger partial charge in [0.1, 0.15) is 0 Å². The molecule has 17 heavy (non-hydrogen) atoms. The average molecular weight is 252 g/mol. The number of hydrogen-bond donors (Lipinski definition) is 2. The second-order valence-electron chi connectivity index (χ2n) is 4.03. The molecule has 1 aromatic rings. The molecule has 0 radical (unpaired) electrons. The Morgan fingerprint density at radius 1 is 1.47 bits per heavy atom. The zero-order valence-corrected chi connectivity index (χ0v) is 11.3. The smallest absolute Gasteiger partial charge is 0.234 e. The summed E-state index contributed by atoms with van der Waals surface area (Å²) in [6, 6.07) is 5.58. The number of nitrogens with two attached hydrogens (primary N) is 1. The summed E-state index contributed by atoms with van der Waals surface area (Å²) >= 11 is 1.67. The van der Waals surface area contributed by atoms with Gasteiger partial charge in [-0.2, -0.15) is 11.8 Å². The predicted molar refractivity (Wildman–Crippen MR) is 76.5 cm³/mol. The molecule has 0 aliphatic heterocycles. The highest BCUT2D eigenvalue weighted by molar-refractivity contribution is 7.99. The highest BCUT2D eigenvalue weighted by Gasteiger charge is 2.03. The maximum Gasteiger partial charge on any atom is 0.234 e. The Hall–Kier alpha value is -1.16. The van der Waals surface area contributed by atoms with Crippen LogP contribution in [0.15, 0.2) is 18.2 Å². The number of rotatable bonds is 6. The molecule has 1 rings (SSSR count). The van der Waals surface area contributed by atoms with E-state index < -0.39 is 0 Å². The minimum absolute atomic E-state index is 0.0364. The van der Waals surface area contributed by atoms with Gasteiger partial charge in [0, 0.05) is 11.4 Å². The van der Waals surface area contributed by atoms with E-state index in [1.54, 1.807) is 17.8 Å². The summed E-state index contributed by atoms with van der Waals surface area (Å²) in [5.41, 5.74) is 8.29. The van der Waals surface area contributed by atoms with Crippen LogP contribution in [0.25, 0.3) is 0 Å². The van der Waals surface area contributed by atoms with E-state index in [9.17, 15) is 4.79 Å². The lowest BCUT2D eigenvalue weighted by molar-refractivity contribution is -0.113.